The Morgan fingerprint density at radius 3 is 2.90 bits per heavy atom. The molecule has 5 rings (SSSR count). The highest BCUT2D eigenvalue weighted by atomic mass is 32.2. The fraction of sp³-hybridized carbons (Fsp3) is 0.350. The second kappa shape index (κ2) is 8.57. The van der Waals surface area contributed by atoms with E-state index < -0.39 is 0 Å². The molecule has 154 valence electrons. The van der Waals surface area contributed by atoms with Crippen LogP contribution in [-0.4, -0.2) is 35.2 Å². The highest BCUT2D eigenvalue weighted by Crippen LogP contribution is 2.35. The maximum atomic E-state index is 12.6. The number of rotatable bonds is 6. The van der Waals surface area contributed by atoms with E-state index in [0.29, 0.717) is 23.0 Å². The van der Waals surface area contributed by atoms with Crippen molar-refractivity contribution in [3.63, 3.8) is 0 Å². The Hall–Kier alpha value is -2.72. The van der Waals surface area contributed by atoms with Gasteiger partial charge in [-0.2, -0.15) is 8.75 Å². The van der Waals surface area contributed by atoms with Crippen LogP contribution in [0.25, 0.3) is 22.6 Å². The minimum Gasteiger partial charge on any atom is -0.461 e. The monoisotopic (exact) mass is 440 g/mol. The first-order valence-electron chi connectivity index (χ1n) is 9.92. The van der Waals surface area contributed by atoms with Gasteiger partial charge in [0.2, 0.25) is 11.7 Å². The summed E-state index contributed by atoms with van der Waals surface area (Å²) < 4.78 is 16.2. The quantitative estimate of drug-likeness (QED) is 0.431. The molecule has 1 saturated carbocycles. The van der Waals surface area contributed by atoms with Gasteiger partial charge in [-0.05, 0) is 37.1 Å². The van der Waals surface area contributed by atoms with Crippen molar-refractivity contribution in [2.75, 3.05) is 11.1 Å². The van der Waals surface area contributed by atoms with Crippen LogP contribution in [0.2, 0.25) is 0 Å². The molecule has 8 nitrogen and oxygen atoms in total. The highest BCUT2D eigenvalue weighted by Gasteiger charge is 2.25. The summed E-state index contributed by atoms with van der Waals surface area (Å²) in [5, 5.41) is 12.5. The summed E-state index contributed by atoms with van der Waals surface area (Å²) in [5.74, 6) is 1.55. The van der Waals surface area contributed by atoms with E-state index in [9.17, 15) is 4.79 Å². The van der Waals surface area contributed by atoms with Crippen LogP contribution in [0.4, 0.5) is 5.69 Å². The van der Waals surface area contributed by atoms with Gasteiger partial charge in [0.25, 0.3) is 0 Å². The van der Waals surface area contributed by atoms with Crippen molar-refractivity contribution >= 4 is 46.1 Å². The summed E-state index contributed by atoms with van der Waals surface area (Å²) in [6.07, 6.45) is 7.46. The first kappa shape index (κ1) is 19.3. The van der Waals surface area contributed by atoms with Crippen molar-refractivity contribution in [2.24, 2.45) is 0 Å². The molecule has 0 spiro atoms. The summed E-state index contributed by atoms with van der Waals surface area (Å²) in [5.41, 5.74) is 2.17. The number of benzene rings is 1. The highest BCUT2D eigenvalue weighted by molar-refractivity contribution is 7.99. The third kappa shape index (κ3) is 3.84. The van der Waals surface area contributed by atoms with Gasteiger partial charge in [-0.3, -0.25) is 9.36 Å². The molecular formula is C20H20N6O2S2. The van der Waals surface area contributed by atoms with Gasteiger partial charge in [0.1, 0.15) is 11.0 Å². The van der Waals surface area contributed by atoms with Crippen LogP contribution in [0, 0.1) is 0 Å². The molecule has 10 heteroatoms. The number of nitrogens with one attached hydrogen (secondary N) is 1. The van der Waals surface area contributed by atoms with Crippen LogP contribution >= 0.6 is 23.5 Å². The number of aromatic nitrogens is 5. The molecule has 1 aromatic carbocycles. The van der Waals surface area contributed by atoms with Crippen molar-refractivity contribution in [1.82, 2.24) is 23.5 Å². The van der Waals surface area contributed by atoms with E-state index in [2.05, 4.69) is 28.8 Å². The zero-order valence-corrected chi connectivity index (χ0v) is 17.8. The van der Waals surface area contributed by atoms with E-state index >= 15 is 0 Å². The molecule has 3 aromatic heterocycles. The molecule has 1 fully saturated rings. The summed E-state index contributed by atoms with van der Waals surface area (Å²) in [4.78, 5) is 12.6. The van der Waals surface area contributed by atoms with Crippen LogP contribution in [-0.2, 0) is 4.79 Å². The number of carbonyl (C=O) groups excluding carboxylic acids is 1. The van der Waals surface area contributed by atoms with Crippen LogP contribution < -0.4 is 5.32 Å². The normalized spacial score (nSPS) is 14.9. The maximum absolute atomic E-state index is 12.6. The molecule has 0 bridgehead atoms. The Bertz CT molecular complexity index is 1150. The summed E-state index contributed by atoms with van der Waals surface area (Å²) in [6, 6.07) is 9.66. The van der Waals surface area contributed by atoms with Crippen molar-refractivity contribution in [2.45, 2.75) is 43.3 Å². The first-order valence-corrected chi connectivity index (χ1v) is 11.6. The number of fused-ring (bicyclic) bond motifs is 1. The van der Waals surface area contributed by atoms with Crippen LogP contribution in [0.1, 0.15) is 38.1 Å². The second-order valence-corrected chi connectivity index (χ2v) is 8.69. The van der Waals surface area contributed by atoms with E-state index in [4.69, 9.17) is 4.42 Å². The smallest absolute Gasteiger partial charge is 0.234 e. The lowest BCUT2D eigenvalue weighted by atomic mass is 9.95. The average molecular weight is 441 g/mol. The van der Waals surface area contributed by atoms with Gasteiger partial charge in [-0.15, -0.1) is 10.2 Å². The van der Waals surface area contributed by atoms with E-state index in [0.717, 1.165) is 41.1 Å². The zero-order valence-electron chi connectivity index (χ0n) is 16.2. The number of nitrogens with zero attached hydrogens (tertiary/aromatic N) is 5. The minimum atomic E-state index is -0.113. The van der Waals surface area contributed by atoms with Gasteiger partial charge >= 0.3 is 0 Å². The molecule has 0 unspecified atom stereocenters. The summed E-state index contributed by atoms with van der Waals surface area (Å²) >= 11 is 2.53. The van der Waals surface area contributed by atoms with Crippen LogP contribution in [0.5, 0.6) is 0 Å². The van der Waals surface area contributed by atoms with E-state index in [1.807, 2.05) is 30.3 Å². The standard InChI is InChI=1S/C20H20N6O2S2/c27-17(21-14-8-4-9-15-18(14)25-30-24-15)12-29-20-23-22-19(16-10-5-11-28-16)26(20)13-6-2-1-3-7-13/h4-5,8-11,13H,1-3,6-7,12H2,(H,21,27). The predicted molar refractivity (Wildman–Crippen MR) is 117 cm³/mol. The molecule has 1 amide bonds. The number of hydrogen-bond donors (Lipinski definition) is 1. The van der Waals surface area contributed by atoms with Gasteiger partial charge in [0.05, 0.1) is 29.4 Å². The predicted octanol–water partition coefficient (Wildman–Crippen LogP) is 4.78. The Morgan fingerprint density at radius 1 is 1.17 bits per heavy atom. The van der Waals surface area contributed by atoms with Gasteiger partial charge < -0.3 is 9.73 Å². The van der Waals surface area contributed by atoms with Crippen molar-refractivity contribution in [3.05, 3.63) is 36.6 Å². The number of carbonyl (C=O) groups is 1. The van der Waals surface area contributed by atoms with Gasteiger partial charge in [-0.25, -0.2) is 0 Å². The first-order chi connectivity index (χ1) is 14.8. The van der Waals surface area contributed by atoms with Crippen LogP contribution in [0.3, 0.4) is 0 Å². The SMILES string of the molecule is O=C(CSc1nnc(-c2ccco2)n1C1CCCCC1)Nc1cccc2nsnc12. The van der Waals surface area contributed by atoms with E-state index in [1.54, 1.807) is 6.26 Å². The van der Waals surface area contributed by atoms with Crippen LogP contribution in [0.15, 0.2) is 46.2 Å². The number of anilines is 1. The molecule has 3 heterocycles. The Morgan fingerprint density at radius 2 is 2.07 bits per heavy atom. The van der Waals surface area contributed by atoms with Gasteiger partial charge in [0.15, 0.2) is 10.9 Å². The third-order valence-electron chi connectivity index (χ3n) is 5.24. The number of furan rings is 1. The Kier molecular flexibility index (Phi) is 5.50. The maximum Gasteiger partial charge on any atom is 0.234 e. The number of hydrogen-bond acceptors (Lipinski definition) is 8. The fourth-order valence-electron chi connectivity index (χ4n) is 3.84. The number of amides is 1. The lowest BCUT2D eigenvalue weighted by Crippen LogP contribution is -2.17. The van der Waals surface area contributed by atoms with Crippen molar-refractivity contribution in [1.29, 1.82) is 0 Å². The molecule has 30 heavy (non-hydrogen) atoms. The molecule has 0 atom stereocenters. The molecule has 0 aliphatic heterocycles. The second-order valence-electron chi connectivity index (χ2n) is 7.22. The molecule has 4 aromatic rings. The lowest BCUT2D eigenvalue weighted by Gasteiger charge is -2.25. The molecule has 0 radical (unpaired) electrons. The van der Waals surface area contributed by atoms with E-state index in [1.165, 1.54) is 31.0 Å². The van der Waals surface area contributed by atoms with Crippen molar-refractivity contribution in [3.8, 4) is 11.6 Å². The van der Waals surface area contributed by atoms with E-state index in [-0.39, 0.29) is 11.7 Å². The molecule has 0 saturated heterocycles. The molecule has 1 aliphatic carbocycles. The largest absolute Gasteiger partial charge is 0.461 e. The Balaban J connectivity index is 1.34. The average Bonchev–Trinajstić information content (AvgIpc) is 3.53. The molecule has 1 N–H and O–H groups in total. The lowest BCUT2D eigenvalue weighted by molar-refractivity contribution is -0.113. The van der Waals surface area contributed by atoms with Gasteiger partial charge in [0, 0.05) is 6.04 Å². The van der Waals surface area contributed by atoms with Crippen molar-refractivity contribution < 1.29 is 9.21 Å². The molecule has 1 aliphatic rings. The minimum absolute atomic E-state index is 0.113. The fourth-order valence-corrected chi connectivity index (χ4v) is 5.20. The number of thioether (sulfide) groups is 1. The molecular weight excluding hydrogens is 420 g/mol. The Labute approximate surface area is 181 Å². The topological polar surface area (TPSA) is 98.7 Å². The summed E-state index contributed by atoms with van der Waals surface area (Å²) in [6.45, 7) is 0. The third-order valence-corrected chi connectivity index (χ3v) is 6.72. The zero-order chi connectivity index (χ0) is 20.3. The van der Waals surface area contributed by atoms with Gasteiger partial charge in [-0.1, -0.05) is 37.1 Å². The summed E-state index contributed by atoms with van der Waals surface area (Å²) in [7, 11) is 0.